The molecule has 1 fully saturated rings. The smallest absolute Gasteiger partial charge is 0.274 e. The summed E-state index contributed by atoms with van der Waals surface area (Å²) in [4.78, 5) is 21.1. The predicted molar refractivity (Wildman–Crippen MR) is 120 cm³/mol. The number of halogens is 2. The highest BCUT2D eigenvalue weighted by Crippen LogP contribution is 2.35. The molecule has 1 amide bonds. The van der Waals surface area contributed by atoms with Crippen LogP contribution in [0.1, 0.15) is 40.4 Å². The fourth-order valence-electron chi connectivity index (χ4n) is 4.23. The Labute approximate surface area is 189 Å². The zero-order chi connectivity index (χ0) is 23.7. The van der Waals surface area contributed by atoms with Crippen LogP contribution in [0.5, 0.6) is 0 Å². The Bertz CT molecular complexity index is 1180. The van der Waals surface area contributed by atoms with Crippen LogP contribution in [0, 0.1) is 18.6 Å². The standard InChI is InChI=1S/C24H25F2N5O2/c1-12-2-3-16(25)15(8-12)22-17(26)4-5-20(30-22)24(33)31-21-11-29-7-6-14(21)13-9-18(27)23(32)19(28)10-13/h2-8,11,13,18-19,23,32H,9-10,27-28H2,1H3,(H,31,33)/t13-,18+,19-,23+. The van der Waals surface area contributed by atoms with E-state index in [-0.39, 0.29) is 22.9 Å². The van der Waals surface area contributed by atoms with Crippen LogP contribution in [0.2, 0.25) is 0 Å². The molecule has 1 aromatic carbocycles. The Kier molecular flexibility index (Phi) is 6.46. The van der Waals surface area contributed by atoms with Crippen molar-refractivity contribution in [1.82, 2.24) is 9.97 Å². The highest BCUT2D eigenvalue weighted by molar-refractivity contribution is 6.03. The summed E-state index contributed by atoms with van der Waals surface area (Å²) >= 11 is 0. The number of nitrogens with one attached hydrogen (secondary N) is 1. The molecule has 1 aliphatic carbocycles. The number of hydrogen-bond donors (Lipinski definition) is 4. The van der Waals surface area contributed by atoms with Crippen LogP contribution in [0.4, 0.5) is 14.5 Å². The number of nitrogens with zero attached hydrogens (tertiary/aromatic N) is 2. The van der Waals surface area contributed by atoms with Gasteiger partial charge in [-0.05, 0) is 61.6 Å². The molecule has 2 heterocycles. The summed E-state index contributed by atoms with van der Waals surface area (Å²) in [5.74, 6) is -2.05. The first-order chi connectivity index (χ1) is 15.7. The second-order valence-electron chi connectivity index (χ2n) is 8.41. The lowest BCUT2D eigenvalue weighted by Gasteiger charge is -2.36. The number of carbonyl (C=O) groups is 1. The van der Waals surface area contributed by atoms with Crippen molar-refractivity contribution in [2.24, 2.45) is 11.5 Å². The molecule has 0 aliphatic heterocycles. The van der Waals surface area contributed by atoms with E-state index in [1.54, 1.807) is 25.3 Å². The molecule has 4 atom stereocenters. The van der Waals surface area contributed by atoms with Gasteiger partial charge in [0.1, 0.15) is 23.0 Å². The van der Waals surface area contributed by atoms with Crippen LogP contribution < -0.4 is 16.8 Å². The van der Waals surface area contributed by atoms with Gasteiger partial charge >= 0.3 is 0 Å². The van der Waals surface area contributed by atoms with Crippen molar-refractivity contribution in [3.05, 3.63) is 77.2 Å². The zero-order valence-corrected chi connectivity index (χ0v) is 18.0. The second-order valence-corrected chi connectivity index (χ2v) is 8.41. The molecule has 0 spiro atoms. The first-order valence-electron chi connectivity index (χ1n) is 10.6. The van der Waals surface area contributed by atoms with E-state index in [1.165, 1.54) is 24.4 Å². The van der Waals surface area contributed by atoms with Gasteiger partial charge in [-0.25, -0.2) is 13.8 Å². The van der Waals surface area contributed by atoms with Crippen molar-refractivity contribution in [3.63, 3.8) is 0 Å². The number of aromatic nitrogens is 2. The number of rotatable bonds is 4. The van der Waals surface area contributed by atoms with E-state index < -0.39 is 35.7 Å². The molecule has 7 nitrogen and oxygen atoms in total. The van der Waals surface area contributed by atoms with Crippen LogP contribution in [0.3, 0.4) is 0 Å². The molecule has 0 radical (unpaired) electrons. The molecule has 172 valence electrons. The minimum absolute atomic E-state index is 0.0204. The third-order valence-electron chi connectivity index (χ3n) is 5.99. The summed E-state index contributed by atoms with van der Waals surface area (Å²) in [6, 6.07) is 7.40. The number of aliphatic hydroxyl groups is 1. The fraction of sp³-hybridized carbons (Fsp3) is 0.292. The first-order valence-corrected chi connectivity index (χ1v) is 10.6. The first kappa shape index (κ1) is 22.9. The summed E-state index contributed by atoms with van der Waals surface area (Å²) in [6.45, 7) is 1.75. The molecule has 33 heavy (non-hydrogen) atoms. The molecule has 3 aromatic rings. The molecule has 0 bridgehead atoms. The molecule has 1 saturated carbocycles. The third-order valence-corrected chi connectivity index (χ3v) is 5.99. The lowest BCUT2D eigenvalue weighted by molar-refractivity contribution is 0.0800. The Morgan fingerprint density at radius 3 is 2.52 bits per heavy atom. The monoisotopic (exact) mass is 453 g/mol. The molecular weight excluding hydrogens is 428 g/mol. The quantitative estimate of drug-likeness (QED) is 0.481. The topological polar surface area (TPSA) is 127 Å². The van der Waals surface area contributed by atoms with Crippen molar-refractivity contribution < 1.29 is 18.7 Å². The van der Waals surface area contributed by atoms with Gasteiger partial charge in [0.25, 0.3) is 5.91 Å². The Morgan fingerprint density at radius 1 is 1.09 bits per heavy atom. The van der Waals surface area contributed by atoms with E-state index in [0.29, 0.717) is 18.5 Å². The lowest BCUT2D eigenvalue weighted by atomic mass is 9.77. The number of aryl methyl sites for hydroxylation is 1. The molecule has 0 saturated heterocycles. The SMILES string of the molecule is Cc1ccc(F)c(-c2nc(C(=O)Nc3cnccc3[C@H]3C[C@@H](N)[C@@H](O)[C@@H](N)C3)ccc2F)c1. The minimum Gasteiger partial charge on any atom is -0.390 e. The van der Waals surface area contributed by atoms with Gasteiger partial charge in [0.05, 0.1) is 18.0 Å². The molecule has 1 aliphatic rings. The Morgan fingerprint density at radius 2 is 1.79 bits per heavy atom. The van der Waals surface area contributed by atoms with Crippen LogP contribution in [-0.4, -0.2) is 39.2 Å². The van der Waals surface area contributed by atoms with Crippen molar-refractivity contribution in [3.8, 4) is 11.3 Å². The number of aliphatic hydroxyl groups excluding tert-OH is 1. The Balaban J connectivity index is 1.62. The van der Waals surface area contributed by atoms with Crippen molar-refractivity contribution in [1.29, 1.82) is 0 Å². The average Bonchev–Trinajstić information content (AvgIpc) is 2.79. The van der Waals surface area contributed by atoms with E-state index in [4.69, 9.17) is 11.5 Å². The van der Waals surface area contributed by atoms with Gasteiger partial charge in [-0.2, -0.15) is 0 Å². The zero-order valence-electron chi connectivity index (χ0n) is 18.0. The Hall–Kier alpha value is -3.27. The minimum atomic E-state index is -0.787. The van der Waals surface area contributed by atoms with Crippen molar-refractivity contribution >= 4 is 11.6 Å². The lowest BCUT2D eigenvalue weighted by Crippen LogP contribution is -2.52. The highest BCUT2D eigenvalue weighted by Gasteiger charge is 2.34. The van der Waals surface area contributed by atoms with Crippen LogP contribution in [-0.2, 0) is 0 Å². The number of carbonyl (C=O) groups excluding carboxylic acids is 1. The largest absolute Gasteiger partial charge is 0.390 e. The van der Waals surface area contributed by atoms with Gasteiger partial charge in [-0.1, -0.05) is 11.6 Å². The second kappa shape index (κ2) is 9.30. The van der Waals surface area contributed by atoms with E-state index in [0.717, 1.165) is 17.2 Å². The number of pyridine rings is 2. The summed E-state index contributed by atoms with van der Waals surface area (Å²) < 4.78 is 28.8. The van der Waals surface area contributed by atoms with E-state index in [1.807, 2.05) is 0 Å². The van der Waals surface area contributed by atoms with Crippen LogP contribution in [0.25, 0.3) is 11.3 Å². The molecule has 4 rings (SSSR count). The molecule has 0 unspecified atom stereocenters. The van der Waals surface area contributed by atoms with Crippen LogP contribution in [0.15, 0.2) is 48.8 Å². The molecule has 9 heteroatoms. The maximum absolute atomic E-state index is 14.5. The van der Waals surface area contributed by atoms with Crippen molar-refractivity contribution in [2.75, 3.05) is 5.32 Å². The number of amides is 1. The average molecular weight is 453 g/mol. The maximum Gasteiger partial charge on any atom is 0.274 e. The van der Waals surface area contributed by atoms with Gasteiger partial charge in [0.15, 0.2) is 0 Å². The van der Waals surface area contributed by atoms with E-state index >= 15 is 0 Å². The van der Waals surface area contributed by atoms with Gasteiger partial charge in [0.2, 0.25) is 0 Å². The third kappa shape index (κ3) is 4.75. The summed E-state index contributed by atoms with van der Waals surface area (Å²) in [6.07, 6.45) is 3.30. The van der Waals surface area contributed by atoms with Gasteiger partial charge in [0, 0.05) is 23.8 Å². The van der Waals surface area contributed by atoms with Gasteiger partial charge < -0.3 is 21.9 Å². The van der Waals surface area contributed by atoms with Gasteiger partial charge in [-0.15, -0.1) is 0 Å². The molecule has 6 N–H and O–H groups in total. The van der Waals surface area contributed by atoms with Crippen molar-refractivity contribution in [2.45, 2.75) is 43.9 Å². The van der Waals surface area contributed by atoms with Crippen LogP contribution >= 0.6 is 0 Å². The normalized spacial score (nSPS) is 22.7. The number of benzene rings is 1. The van der Waals surface area contributed by atoms with E-state index in [9.17, 15) is 18.7 Å². The molecule has 2 aromatic heterocycles. The fourth-order valence-corrected chi connectivity index (χ4v) is 4.23. The van der Waals surface area contributed by atoms with E-state index in [2.05, 4.69) is 15.3 Å². The predicted octanol–water partition coefficient (Wildman–Crippen LogP) is 2.88. The number of nitrogens with two attached hydrogens (primary N) is 2. The van der Waals surface area contributed by atoms with Gasteiger partial charge in [-0.3, -0.25) is 9.78 Å². The number of hydrogen-bond acceptors (Lipinski definition) is 6. The number of anilines is 1. The highest BCUT2D eigenvalue weighted by atomic mass is 19.1. The maximum atomic E-state index is 14.5. The summed E-state index contributed by atoms with van der Waals surface area (Å²) in [5.41, 5.74) is 13.7. The summed E-state index contributed by atoms with van der Waals surface area (Å²) in [7, 11) is 0. The molecular formula is C24H25F2N5O2. The summed E-state index contributed by atoms with van der Waals surface area (Å²) in [5, 5.41) is 12.8.